The van der Waals surface area contributed by atoms with Gasteiger partial charge in [0.25, 0.3) is 0 Å². The fourth-order valence-electron chi connectivity index (χ4n) is 3.46. The van der Waals surface area contributed by atoms with Crippen LogP contribution in [-0.4, -0.2) is 17.8 Å². The second-order valence-electron chi connectivity index (χ2n) is 7.32. The second kappa shape index (κ2) is 7.53. The van der Waals surface area contributed by atoms with Crippen molar-refractivity contribution in [3.63, 3.8) is 0 Å². The van der Waals surface area contributed by atoms with Crippen LogP contribution in [0.5, 0.6) is 5.75 Å². The summed E-state index contributed by atoms with van der Waals surface area (Å²) >= 11 is 12.1. The molecule has 0 saturated heterocycles. The molecular weight excluding hydrogens is 362 g/mol. The molecule has 0 aliphatic heterocycles. The van der Waals surface area contributed by atoms with Crippen molar-refractivity contribution >= 4 is 23.2 Å². The Bertz CT molecular complexity index is 756. The van der Waals surface area contributed by atoms with Gasteiger partial charge < -0.3 is 9.84 Å². The third-order valence-corrected chi connectivity index (χ3v) is 4.95. The van der Waals surface area contributed by atoms with E-state index in [0.29, 0.717) is 34.2 Å². The Morgan fingerprint density at radius 3 is 2.28 bits per heavy atom. The molecule has 0 bridgehead atoms. The number of hydrogen-bond donors (Lipinski definition) is 1. The number of hydrogen-bond acceptors (Lipinski definition) is 2. The van der Waals surface area contributed by atoms with Gasteiger partial charge in [-0.15, -0.1) is 0 Å². The summed E-state index contributed by atoms with van der Waals surface area (Å²) in [7, 11) is 1.56. The van der Waals surface area contributed by atoms with E-state index in [4.69, 9.17) is 27.9 Å². The number of rotatable bonds is 6. The first-order valence-electron chi connectivity index (χ1n) is 8.04. The molecule has 0 heterocycles. The van der Waals surface area contributed by atoms with Gasteiger partial charge in [0.1, 0.15) is 11.6 Å². The monoisotopic (exact) mass is 384 g/mol. The lowest BCUT2D eigenvalue weighted by Gasteiger charge is -2.36. The highest BCUT2D eigenvalue weighted by Gasteiger charge is 2.36. The minimum atomic E-state index is -0.942. The van der Waals surface area contributed by atoms with Crippen molar-refractivity contribution in [2.24, 2.45) is 0 Å². The predicted octanol–water partition coefficient (Wildman–Crippen LogP) is 5.80. The van der Waals surface area contributed by atoms with Crippen LogP contribution in [-0.2, 0) is 11.8 Å². The zero-order valence-corrected chi connectivity index (χ0v) is 16.4. The van der Waals surface area contributed by atoms with Crippen LogP contribution in [0, 0.1) is 5.82 Å². The minimum absolute atomic E-state index is 0.341. The van der Waals surface area contributed by atoms with Gasteiger partial charge in [0.05, 0.1) is 22.8 Å². The molecule has 0 spiro atoms. The van der Waals surface area contributed by atoms with Crippen molar-refractivity contribution in [3.05, 3.63) is 63.4 Å². The highest BCUT2D eigenvalue weighted by molar-refractivity contribution is 6.42. The van der Waals surface area contributed by atoms with Crippen molar-refractivity contribution in [1.82, 2.24) is 0 Å². The third kappa shape index (κ3) is 5.10. The Balaban J connectivity index is 2.54. The Morgan fingerprint density at radius 2 is 1.72 bits per heavy atom. The molecule has 2 aromatic rings. The van der Waals surface area contributed by atoms with Gasteiger partial charge in [-0.2, -0.15) is 0 Å². The standard InChI is InChI=1S/C20H23Cl2FO2/c1-19(2,24)12-20(3,11-13-5-7-16(21)17(22)9-13)15-10-14(23)6-8-18(15)25-4/h5-10,24H,11-12H2,1-4H3. The van der Waals surface area contributed by atoms with Crippen LogP contribution in [0.1, 0.15) is 38.3 Å². The molecule has 0 aliphatic carbocycles. The SMILES string of the molecule is COc1ccc(F)cc1C(C)(Cc1ccc(Cl)c(Cl)c1)CC(C)(C)O. The van der Waals surface area contributed by atoms with Gasteiger partial charge in [-0.3, -0.25) is 0 Å². The number of halogens is 3. The van der Waals surface area contributed by atoms with E-state index in [1.807, 2.05) is 13.0 Å². The van der Waals surface area contributed by atoms with Crippen molar-refractivity contribution in [1.29, 1.82) is 0 Å². The van der Waals surface area contributed by atoms with Crippen LogP contribution in [0.2, 0.25) is 10.0 Å². The summed E-state index contributed by atoms with van der Waals surface area (Å²) in [6.45, 7) is 5.47. The van der Waals surface area contributed by atoms with E-state index in [1.54, 1.807) is 39.2 Å². The van der Waals surface area contributed by atoms with Gasteiger partial charge in [-0.05, 0) is 62.6 Å². The van der Waals surface area contributed by atoms with Crippen LogP contribution in [0.25, 0.3) is 0 Å². The van der Waals surface area contributed by atoms with E-state index in [9.17, 15) is 9.50 Å². The van der Waals surface area contributed by atoms with E-state index in [0.717, 1.165) is 5.56 Å². The zero-order valence-electron chi connectivity index (χ0n) is 14.9. The molecule has 0 aliphatic rings. The molecule has 0 radical (unpaired) electrons. The lowest BCUT2D eigenvalue weighted by Crippen LogP contribution is -2.35. The normalized spacial score (nSPS) is 14.2. The van der Waals surface area contributed by atoms with Gasteiger partial charge in [0.2, 0.25) is 0 Å². The molecule has 5 heteroatoms. The smallest absolute Gasteiger partial charge is 0.123 e. The largest absolute Gasteiger partial charge is 0.496 e. The van der Waals surface area contributed by atoms with Crippen molar-refractivity contribution in [3.8, 4) is 5.75 Å². The van der Waals surface area contributed by atoms with Gasteiger partial charge in [-0.25, -0.2) is 4.39 Å². The van der Waals surface area contributed by atoms with Crippen LogP contribution >= 0.6 is 23.2 Å². The molecule has 136 valence electrons. The summed E-state index contributed by atoms with van der Waals surface area (Å²) in [5.74, 6) is 0.250. The molecule has 2 rings (SSSR count). The second-order valence-corrected chi connectivity index (χ2v) is 8.13. The van der Waals surface area contributed by atoms with Gasteiger partial charge >= 0.3 is 0 Å². The fourth-order valence-corrected chi connectivity index (χ4v) is 3.78. The maximum Gasteiger partial charge on any atom is 0.123 e. The van der Waals surface area contributed by atoms with E-state index >= 15 is 0 Å². The van der Waals surface area contributed by atoms with Crippen LogP contribution in [0.3, 0.4) is 0 Å². The van der Waals surface area contributed by atoms with Crippen LogP contribution in [0.4, 0.5) is 4.39 Å². The van der Waals surface area contributed by atoms with Crippen LogP contribution < -0.4 is 4.74 Å². The average molecular weight is 385 g/mol. The van der Waals surface area contributed by atoms with Crippen molar-refractivity contribution < 1.29 is 14.2 Å². The topological polar surface area (TPSA) is 29.5 Å². The number of benzene rings is 2. The third-order valence-electron chi connectivity index (χ3n) is 4.21. The minimum Gasteiger partial charge on any atom is -0.496 e. The predicted molar refractivity (Wildman–Crippen MR) is 101 cm³/mol. The summed E-state index contributed by atoms with van der Waals surface area (Å²) in [5, 5.41) is 11.4. The van der Waals surface area contributed by atoms with E-state index in [-0.39, 0.29) is 5.82 Å². The van der Waals surface area contributed by atoms with Crippen LogP contribution in [0.15, 0.2) is 36.4 Å². The number of aliphatic hydroxyl groups is 1. The maximum atomic E-state index is 13.9. The van der Waals surface area contributed by atoms with E-state index in [2.05, 4.69) is 0 Å². The lowest BCUT2D eigenvalue weighted by atomic mass is 9.70. The fraction of sp³-hybridized carbons (Fsp3) is 0.400. The van der Waals surface area contributed by atoms with E-state index in [1.165, 1.54) is 12.1 Å². The number of methoxy groups -OCH3 is 1. The Kier molecular flexibility index (Phi) is 6.03. The molecule has 1 N–H and O–H groups in total. The molecule has 0 fully saturated rings. The molecule has 2 nitrogen and oxygen atoms in total. The summed E-state index contributed by atoms with van der Waals surface area (Å²) in [6.07, 6.45) is 0.966. The van der Waals surface area contributed by atoms with Crippen molar-refractivity contribution in [2.45, 2.75) is 44.6 Å². The maximum absolute atomic E-state index is 13.9. The van der Waals surface area contributed by atoms with Gasteiger partial charge in [0.15, 0.2) is 0 Å². The first kappa shape index (κ1) is 20.0. The summed E-state index contributed by atoms with van der Waals surface area (Å²) in [6, 6.07) is 9.89. The Hall–Kier alpha value is -1.29. The first-order valence-corrected chi connectivity index (χ1v) is 8.80. The highest BCUT2D eigenvalue weighted by atomic mass is 35.5. The molecular formula is C20H23Cl2FO2. The summed E-state index contributed by atoms with van der Waals surface area (Å²) in [4.78, 5) is 0. The lowest BCUT2D eigenvalue weighted by molar-refractivity contribution is 0.0461. The molecule has 0 amide bonds. The molecule has 25 heavy (non-hydrogen) atoms. The van der Waals surface area contributed by atoms with Gasteiger partial charge in [0, 0.05) is 11.0 Å². The number of ether oxygens (including phenoxy) is 1. The Labute approximate surface area is 158 Å². The Morgan fingerprint density at radius 1 is 1.04 bits per heavy atom. The highest BCUT2D eigenvalue weighted by Crippen LogP contribution is 2.41. The summed E-state index contributed by atoms with van der Waals surface area (Å²) < 4.78 is 19.4. The summed E-state index contributed by atoms with van der Waals surface area (Å²) in [5.41, 5.74) is 0.154. The molecule has 1 unspecified atom stereocenters. The average Bonchev–Trinajstić information content (AvgIpc) is 2.49. The molecule has 0 aromatic heterocycles. The molecule has 1 atom stereocenters. The quantitative estimate of drug-likeness (QED) is 0.681. The zero-order chi connectivity index (χ0) is 18.8. The molecule has 2 aromatic carbocycles. The molecule has 0 saturated carbocycles. The van der Waals surface area contributed by atoms with Crippen molar-refractivity contribution in [2.75, 3.05) is 7.11 Å². The van der Waals surface area contributed by atoms with Gasteiger partial charge in [-0.1, -0.05) is 36.2 Å². The van der Waals surface area contributed by atoms with E-state index < -0.39 is 11.0 Å². The first-order chi connectivity index (χ1) is 11.5.